The molecule has 1 fully saturated rings. The maximum atomic E-state index is 12.2. The first-order valence-corrected chi connectivity index (χ1v) is 7.89. The Balaban J connectivity index is 1.60. The first-order valence-electron chi connectivity index (χ1n) is 7.89. The largest absolute Gasteiger partial charge is 0.388 e. The molecule has 4 nitrogen and oxygen atoms in total. The minimum absolute atomic E-state index is 0.281. The van der Waals surface area contributed by atoms with E-state index in [1.807, 2.05) is 17.2 Å². The molecule has 110 valence electrons. The molecular weight excluding hydrogens is 252 g/mol. The molecule has 0 spiro atoms. The average Bonchev–Trinajstić information content (AvgIpc) is 2.90. The number of aliphatic hydroxyl groups is 1. The van der Waals surface area contributed by atoms with Gasteiger partial charge in [-0.3, -0.25) is 4.79 Å². The van der Waals surface area contributed by atoms with Gasteiger partial charge in [0.25, 0.3) is 0 Å². The number of amides is 1. The number of carbonyl (C=O) groups is 1. The SMILES string of the molecule is O=C(CCn1ccc2c1CCCC2O)N1CCCCC1. The normalized spacial score (nSPS) is 22.6. The van der Waals surface area contributed by atoms with Gasteiger partial charge in [-0.05, 0) is 44.6 Å². The highest BCUT2D eigenvalue weighted by molar-refractivity contribution is 5.76. The second-order valence-corrected chi connectivity index (χ2v) is 6.01. The van der Waals surface area contributed by atoms with Crippen molar-refractivity contribution >= 4 is 5.91 Å². The highest BCUT2D eigenvalue weighted by Crippen LogP contribution is 2.30. The zero-order valence-electron chi connectivity index (χ0n) is 12.1. The number of aliphatic hydroxyl groups excluding tert-OH is 1. The Morgan fingerprint density at radius 1 is 1.25 bits per heavy atom. The van der Waals surface area contributed by atoms with Crippen LogP contribution >= 0.6 is 0 Å². The lowest BCUT2D eigenvalue weighted by Crippen LogP contribution is -2.36. The standard InChI is InChI=1S/C16H24N2O2/c19-15-6-4-5-14-13(15)7-11-17(14)12-8-16(20)18-9-2-1-3-10-18/h7,11,15,19H,1-6,8-10,12H2. The van der Waals surface area contributed by atoms with Gasteiger partial charge in [-0.2, -0.15) is 0 Å². The van der Waals surface area contributed by atoms with Crippen LogP contribution in [0.1, 0.15) is 55.9 Å². The minimum atomic E-state index is -0.308. The van der Waals surface area contributed by atoms with E-state index < -0.39 is 0 Å². The molecule has 1 aliphatic carbocycles. The zero-order chi connectivity index (χ0) is 13.9. The van der Waals surface area contributed by atoms with E-state index in [9.17, 15) is 9.90 Å². The van der Waals surface area contributed by atoms with Crippen molar-refractivity contribution in [3.63, 3.8) is 0 Å². The van der Waals surface area contributed by atoms with Gasteiger partial charge >= 0.3 is 0 Å². The molecule has 0 saturated carbocycles. The second kappa shape index (κ2) is 6.00. The van der Waals surface area contributed by atoms with Crippen LogP contribution in [-0.4, -0.2) is 33.6 Å². The summed E-state index contributed by atoms with van der Waals surface area (Å²) in [5, 5.41) is 9.97. The third-order valence-corrected chi connectivity index (χ3v) is 4.64. The fourth-order valence-electron chi connectivity index (χ4n) is 3.46. The van der Waals surface area contributed by atoms with Gasteiger partial charge in [0.05, 0.1) is 6.10 Å². The number of aromatic nitrogens is 1. The predicted octanol–water partition coefficient (Wildman–Crippen LogP) is 2.26. The number of aryl methyl sites for hydroxylation is 1. The summed E-state index contributed by atoms with van der Waals surface area (Å²) in [6.07, 6.45) is 8.79. The number of carbonyl (C=O) groups excluding carboxylic acids is 1. The summed E-state index contributed by atoms with van der Waals surface area (Å²) in [4.78, 5) is 14.2. The van der Waals surface area contributed by atoms with Gasteiger partial charge in [0, 0.05) is 43.5 Å². The van der Waals surface area contributed by atoms with Crippen molar-refractivity contribution in [2.75, 3.05) is 13.1 Å². The summed E-state index contributed by atoms with van der Waals surface area (Å²) >= 11 is 0. The molecule has 2 aliphatic rings. The van der Waals surface area contributed by atoms with Gasteiger partial charge in [0.1, 0.15) is 0 Å². The Morgan fingerprint density at radius 2 is 2.05 bits per heavy atom. The van der Waals surface area contributed by atoms with Crippen molar-refractivity contribution in [1.82, 2.24) is 9.47 Å². The Hall–Kier alpha value is -1.29. The number of hydrogen-bond acceptors (Lipinski definition) is 2. The third-order valence-electron chi connectivity index (χ3n) is 4.64. The van der Waals surface area contributed by atoms with E-state index in [0.717, 1.165) is 57.3 Å². The molecule has 1 unspecified atom stereocenters. The number of nitrogens with zero attached hydrogens (tertiary/aromatic N) is 2. The Bertz CT molecular complexity index is 475. The number of fused-ring (bicyclic) bond motifs is 1. The number of likely N-dealkylation sites (tertiary alicyclic amines) is 1. The molecule has 20 heavy (non-hydrogen) atoms. The Morgan fingerprint density at radius 3 is 2.85 bits per heavy atom. The average molecular weight is 276 g/mol. The molecule has 2 heterocycles. The van der Waals surface area contributed by atoms with Crippen LogP contribution in [0.5, 0.6) is 0 Å². The van der Waals surface area contributed by atoms with Crippen LogP contribution in [-0.2, 0) is 17.8 Å². The van der Waals surface area contributed by atoms with Crippen LogP contribution in [0, 0.1) is 0 Å². The molecule has 1 saturated heterocycles. The smallest absolute Gasteiger partial charge is 0.224 e. The molecule has 1 atom stereocenters. The maximum Gasteiger partial charge on any atom is 0.224 e. The van der Waals surface area contributed by atoms with Crippen molar-refractivity contribution in [2.45, 2.75) is 57.6 Å². The summed E-state index contributed by atoms with van der Waals surface area (Å²) in [5.74, 6) is 0.281. The highest BCUT2D eigenvalue weighted by Gasteiger charge is 2.22. The minimum Gasteiger partial charge on any atom is -0.388 e. The molecule has 1 amide bonds. The summed E-state index contributed by atoms with van der Waals surface area (Å²) in [6, 6.07) is 2.02. The van der Waals surface area contributed by atoms with Crippen molar-refractivity contribution in [2.24, 2.45) is 0 Å². The van der Waals surface area contributed by atoms with Crippen LogP contribution in [0.4, 0.5) is 0 Å². The molecule has 1 aromatic rings. The topological polar surface area (TPSA) is 45.5 Å². The van der Waals surface area contributed by atoms with Crippen LogP contribution < -0.4 is 0 Å². The Kier molecular flexibility index (Phi) is 4.10. The molecule has 3 rings (SSSR count). The van der Waals surface area contributed by atoms with Gasteiger partial charge in [-0.1, -0.05) is 0 Å². The second-order valence-electron chi connectivity index (χ2n) is 6.01. The molecule has 1 aromatic heterocycles. The maximum absolute atomic E-state index is 12.2. The van der Waals surface area contributed by atoms with Gasteiger partial charge in [-0.15, -0.1) is 0 Å². The fraction of sp³-hybridized carbons (Fsp3) is 0.688. The monoisotopic (exact) mass is 276 g/mol. The van der Waals surface area contributed by atoms with E-state index in [1.165, 1.54) is 12.1 Å². The lowest BCUT2D eigenvalue weighted by Gasteiger charge is -2.27. The van der Waals surface area contributed by atoms with Gasteiger partial charge < -0.3 is 14.6 Å². The van der Waals surface area contributed by atoms with E-state index in [0.29, 0.717) is 6.42 Å². The quantitative estimate of drug-likeness (QED) is 0.920. The molecule has 1 N–H and O–H groups in total. The molecule has 4 heteroatoms. The predicted molar refractivity (Wildman–Crippen MR) is 77.4 cm³/mol. The molecule has 0 radical (unpaired) electrons. The summed E-state index contributed by atoms with van der Waals surface area (Å²) in [7, 11) is 0. The molecule has 1 aliphatic heterocycles. The van der Waals surface area contributed by atoms with Gasteiger partial charge in [-0.25, -0.2) is 0 Å². The molecular formula is C16H24N2O2. The zero-order valence-corrected chi connectivity index (χ0v) is 12.1. The van der Waals surface area contributed by atoms with Gasteiger partial charge in [0.2, 0.25) is 5.91 Å². The van der Waals surface area contributed by atoms with Crippen LogP contribution in [0.3, 0.4) is 0 Å². The Labute approximate surface area is 120 Å². The van der Waals surface area contributed by atoms with Crippen LogP contribution in [0.15, 0.2) is 12.3 Å². The fourth-order valence-corrected chi connectivity index (χ4v) is 3.46. The van der Waals surface area contributed by atoms with Gasteiger partial charge in [0.15, 0.2) is 0 Å². The van der Waals surface area contributed by atoms with E-state index in [2.05, 4.69) is 4.57 Å². The number of piperidine rings is 1. The lowest BCUT2D eigenvalue weighted by molar-refractivity contribution is -0.132. The number of rotatable bonds is 3. The van der Waals surface area contributed by atoms with Crippen LogP contribution in [0.25, 0.3) is 0 Å². The first-order chi connectivity index (χ1) is 9.75. The summed E-state index contributed by atoms with van der Waals surface area (Å²) in [5.41, 5.74) is 2.30. The molecule has 0 aromatic carbocycles. The van der Waals surface area contributed by atoms with E-state index in [-0.39, 0.29) is 12.0 Å². The van der Waals surface area contributed by atoms with Crippen molar-refractivity contribution < 1.29 is 9.90 Å². The third kappa shape index (κ3) is 2.75. The van der Waals surface area contributed by atoms with Crippen molar-refractivity contribution in [1.29, 1.82) is 0 Å². The summed E-state index contributed by atoms with van der Waals surface area (Å²) in [6.45, 7) is 2.61. The lowest BCUT2D eigenvalue weighted by atomic mass is 9.95. The first kappa shape index (κ1) is 13.7. The van der Waals surface area contributed by atoms with E-state index >= 15 is 0 Å². The van der Waals surface area contributed by atoms with Crippen molar-refractivity contribution in [3.05, 3.63) is 23.5 Å². The van der Waals surface area contributed by atoms with E-state index in [1.54, 1.807) is 0 Å². The number of hydrogen-bond donors (Lipinski definition) is 1. The summed E-state index contributed by atoms with van der Waals surface area (Å²) < 4.78 is 2.17. The molecule has 0 bridgehead atoms. The van der Waals surface area contributed by atoms with Crippen molar-refractivity contribution in [3.8, 4) is 0 Å². The van der Waals surface area contributed by atoms with E-state index in [4.69, 9.17) is 0 Å². The highest BCUT2D eigenvalue weighted by atomic mass is 16.3. The van der Waals surface area contributed by atoms with Crippen LogP contribution in [0.2, 0.25) is 0 Å².